The topological polar surface area (TPSA) is 26.0 Å². The van der Waals surface area contributed by atoms with Crippen LogP contribution in [-0.2, 0) is 0 Å². The van der Waals surface area contributed by atoms with E-state index in [-0.39, 0.29) is 0 Å². The molecule has 1 atom stereocenters. The van der Waals surface area contributed by atoms with Crippen LogP contribution in [0.15, 0.2) is 12.1 Å². The number of rotatable bonds is 2. The Balaban J connectivity index is 3.08. The molecular weight excluding hydrogens is 253 g/mol. The van der Waals surface area contributed by atoms with Crippen molar-refractivity contribution in [2.45, 2.75) is 18.6 Å². The third-order valence-electron chi connectivity index (χ3n) is 1.90. The largest absolute Gasteiger partial charge is 0.390 e. The molecule has 0 saturated carbocycles. The van der Waals surface area contributed by atoms with Gasteiger partial charge in [-0.25, -0.2) is 8.78 Å². The molecule has 16 heavy (non-hydrogen) atoms. The van der Waals surface area contributed by atoms with E-state index < -0.39 is 40.9 Å². The fraction of sp³-hybridized carbons (Fsp3) is 0.333. The molecule has 0 radical (unpaired) electrons. The molecule has 0 spiro atoms. The highest BCUT2D eigenvalue weighted by Crippen LogP contribution is 2.33. The molecule has 0 aliphatic rings. The molecule has 90 valence electrons. The lowest BCUT2D eigenvalue weighted by Crippen LogP contribution is -2.21. The summed E-state index contributed by atoms with van der Waals surface area (Å²) in [7, 11) is 0. The van der Waals surface area contributed by atoms with E-state index in [0.29, 0.717) is 6.07 Å². The van der Waals surface area contributed by atoms with Crippen molar-refractivity contribution < 1.29 is 22.0 Å². The first-order valence-electron chi connectivity index (χ1n) is 4.18. The molecule has 0 amide bonds. The molecule has 0 unspecified atom stereocenters. The molecule has 0 aliphatic carbocycles. The number of nitrogens with two attached hydrogens (primary N) is 1. The van der Waals surface area contributed by atoms with Gasteiger partial charge in [0.05, 0.1) is 11.4 Å². The van der Waals surface area contributed by atoms with Gasteiger partial charge in [0.25, 0.3) is 0 Å². The minimum atomic E-state index is -4.57. The highest BCUT2D eigenvalue weighted by atomic mass is 35.5. The maximum atomic E-state index is 13.2. The fourth-order valence-electron chi connectivity index (χ4n) is 1.23. The molecular formula is C9H7ClF5N. The first kappa shape index (κ1) is 13.2. The Hall–Kier alpha value is -0.880. The van der Waals surface area contributed by atoms with Crippen LogP contribution in [0.3, 0.4) is 0 Å². The van der Waals surface area contributed by atoms with E-state index in [1.54, 1.807) is 0 Å². The van der Waals surface area contributed by atoms with Crippen LogP contribution in [0.2, 0.25) is 5.02 Å². The van der Waals surface area contributed by atoms with E-state index in [9.17, 15) is 22.0 Å². The van der Waals surface area contributed by atoms with Gasteiger partial charge < -0.3 is 5.73 Å². The Labute approximate surface area is 93.0 Å². The molecule has 1 nitrogen and oxygen atoms in total. The molecule has 0 bridgehead atoms. The molecule has 0 aromatic heterocycles. The first-order chi connectivity index (χ1) is 7.22. The summed E-state index contributed by atoms with van der Waals surface area (Å²) < 4.78 is 62.1. The van der Waals surface area contributed by atoms with Gasteiger partial charge in [-0.2, -0.15) is 13.2 Å². The van der Waals surface area contributed by atoms with Gasteiger partial charge in [0, 0.05) is 11.6 Å². The van der Waals surface area contributed by atoms with Gasteiger partial charge in [-0.05, 0) is 12.1 Å². The van der Waals surface area contributed by atoms with Crippen molar-refractivity contribution >= 4 is 11.6 Å². The van der Waals surface area contributed by atoms with E-state index >= 15 is 0 Å². The van der Waals surface area contributed by atoms with Gasteiger partial charge in [0.1, 0.15) is 11.6 Å². The van der Waals surface area contributed by atoms with Crippen LogP contribution in [0.4, 0.5) is 22.0 Å². The highest BCUT2D eigenvalue weighted by Gasteiger charge is 2.33. The van der Waals surface area contributed by atoms with E-state index in [2.05, 4.69) is 0 Å². The quantitative estimate of drug-likeness (QED) is 0.638. The minimum absolute atomic E-state index is 0.654. The van der Waals surface area contributed by atoms with E-state index in [1.807, 2.05) is 0 Å². The fourth-order valence-corrected chi connectivity index (χ4v) is 1.53. The third-order valence-corrected chi connectivity index (χ3v) is 2.29. The summed E-state index contributed by atoms with van der Waals surface area (Å²) in [6.45, 7) is 0. The van der Waals surface area contributed by atoms with E-state index in [4.69, 9.17) is 17.3 Å². The van der Waals surface area contributed by atoms with Crippen LogP contribution >= 0.6 is 11.6 Å². The van der Waals surface area contributed by atoms with Crippen molar-refractivity contribution in [1.29, 1.82) is 0 Å². The lowest BCUT2D eigenvalue weighted by molar-refractivity contribution is -0.138. The van der Waals surface area contributed by atoms with Crippen LogP contribution in [-0.4, -0.2) is 6.18 Å². The van der Waals surface area contributed by atoms with Crippen molar-refractivity contribution in [1.82, 2.24) is 0 Å². The minimum Gasteiger partial charge on any atom is -0.324 e. The number of benzene rings is 1. The van der Waals surface area contributed by atoms with Crippen LogP contribution < -0.4 is 5.73 Å². The second-order valence-electron chi connectivity index (χ2n) is 3.18. The lowest BCUT2D eigenvalue weighted by Gasteiger charge is -2.16. The third kappa shape index (κ3) is 3.05. The number of hydrogen-bond donors (Lipinski definition) is 1. The van der Waals surface area contributed by atoms with Gasteiger partial charge in [-0.1, -0.05) is 11.6 Å². The molecule has 0 heterocycles. The molecule has 0 saturated heterocycles. The molecule has 1 rings (SSSR count). The summed E-state index contributed by atoms with van der Waals surface area (Å²) in [4.78, 5) is 0. The van der Waals surface area contributed by atoms with Crippen LogP contribution in [0.5, 0.6) is 0 Å². The molecule has 1 aromatic carbocycles. The van der Waals surface area contributed by atoms with Crippen molar-refractivity contribution in [2.75, 3.05) is 0 Å². The molecule has 1 aromatic rings. The van der Waals surface area contributed by atoms with Crippen molar-refractivity contribution in [3.8, 4) is 0 Å². The zero-order valence-electron chi connectivity index (χ0n) is 7.78. The normalized spacial score (nSPS) is 13.9. The summed E-state index contributed by atoms with van der Waals surface area (Å²) in [5, 5.41) is -0.711. The summed E-state index contributed by atoms with van der Waals surface area (Å²) >= 11 is 5.36. The average molecular weight is 260 g/mol. The van der Waals surface area contributed by atoms with Gasteiger partial charge >= 0.3 is 6.18 Å². The molecule has 0 aliphatic heterocycles. The Bertz CT molecular complexity index is 390. The summed E-state index contributed by atoms with van der Waals surface area (Å²) in [5.74, 6) is -2.06. The molecule has 2 N–H and O–H groups in total. The van der Waals surface area contributed by atoms with Gasteiger partial charge in [0.2, 0.25) is 0 Å². The predicted octanol–water partition coefficient (Wildman–Crippen LogP) is 3.57. The SMILES string of the molecule is N[C@@H](CC(F)(F)F)c1c(F)ccc(F)c1Cl. The smallest absolute Gasteiger partial charge is 0.324 e. The number of halogens is 6. The zero-order valence-corrected chi connectivity index (χ0v) is 8.54. The van der Waals surface area contributed by atoms with E-state index in [1.165, 1.54) is 0 Å². The number of alkyl halides is 3. The second kappa shape index (κ2) is 4.55. The van der Waals surface area contributed by atoms with Crippen molar-refractivity contribution in [3.05, 3.63) is 34.4 Å². The molecule has 7 heteroatoms. The Morgan fingerprint density at radius 1 is 1.19 bits per heavy atom. The zero-order chi connectivity index (χ0) is 12.5. The Morgan fingerprint density at radius 3 is 2.19 bits per heavy atom. The van der Waals surface area contributed by atoms with E-state index in [0.717, 1.165) is 6.07 Å². The number of hydrogen-bond acceptors (Lipinski definition) is 1. The van der Waals surface area contributed by atoms with Crippen LogP contribution in [0.25, 0.3) is 0 Å². The summed E-state index contributed by atoms with van der Waals surface area (Å²) in [6, 6.07) is -0.308. The Morgan fingerprint density at radius 2 is 1.69 bits per heavy atom. The van der Waals surface area contributed by atoms with Crippen molar-refractivity contribution in [2.24, 2.45) is 5.73 Å². The molecule has 0 fully saturated rings. The van der Waals surface area contributed by atoms with Gasteiger partial charge in [0.15, 0.2) is 0 Å². The van der Waals surface area contributed by atoms with Gasteiger partial charge in [-0.3, -0.25) is 0 Å². The van der Waals surface area contributed by atoms with Crippen LogP contribution in [0.1, 0.15) is 18.0 Å². The summed E-state index contributed by atoms with van der Waals surface area (Å²) in [5.41, 5.74) is 4.49. The van der Waals surface area contributed by atoms with Crippen molar-refractivity contribution in [3.63, 3.8) is 0 Å². The highest BCUT2D eigenvalue weighted by molar-refractivity contribution is 6.31. The van der Waals surface area contributed by atoms with Crippen LogP contribution in [0, 0.1) is 11.6 Å². The maximum absolute atomic E-state index is 13.2. The maximum Gasteiger partial charge on any atom is 0.390 e. The monoisotopic (exact) mass is 259 g/mol. The lowest BCUT2D eigenvalue weighted by atomic mass is 10.0. The Kier molecular flexibility index (Phi) is 3.75. The summed E-state index contributed by atoms with van der Waals surface area (Å²) in [6.07, 6.45) is -6.03. The van der Waals surface area contributed by atoms with Gasteiger partial charge in [-0.15, -0.1) is 0 Å². The average Bonchev–Trinajstić information content (AvgIpc) is 2.09. The second-order valence-corrected chi connectivity index (χ2v) is 3.56. The predicted molar refractivity (Wildman–Crippen MR) is 49.0 cm³/mol. The first-order valence-corrected chi connectivity index (χ1v) is 4.56. The standard InChI is InChI=1S/C9H7ClF5N/c10-8-5(12)2-1-4(11)7(8)6(16)3-9(13,14)15/h1-2,6H,3,16H2/t6-/m0/s1.